The van der Waals surface area contributed by atoms with Crippen molar-refractivity contribution in [3.63, 3.8) is 0 Å². The van der Waals surface area contributed by atoms with Crippen LogP contribution in [0.4, 0.5) is 10.5 Å². The zero-order chi connectivity index (χ0) is 13.1. The Labute approximate surface area is 108 Å². The number of carbonyl (C=O) groups excluding carboxylic acids is 1. The first-order valence-corrected chi connectivity index (χ1v) is 6.34. The van der Waals surface area contributed by atoms with Crippen molar-refractivity contribution in [1.82, 2.24) is 4.90 Å². The minimum atomic E-state index is -0.0698. The minimum absolute atomic E-state index is 0.0698. The van der Waals surface area contributed by atoms with Crippen molar-refractivity contribution in [2.75, 3.05) is 25.0 Å². The number of amides is 2. The first kappa shape index (κ1) is 12.9. The fraction of sp³-hybridized carbons (Fsp3) is 0.500. The fourth-order valence-corrected chi connectivity index (χ4v) is 2.23. The SMILES string of the molecule is Cc1ccc(C)c(NC(=O)N2CCC(CO)C2)c1. The molecule has 0 aliphatic carbocycles. The molecule has 4 nitrogen and oxygen atoms in total. The molecule has 1 fully saturated rings. The summed E-state index contributed by atoms with van der Waals surface area (Å²) in [6.45, 7) is 5.52. The van der Waals surface area contributed by atoms with Crippen LogP contribution in [0, 0.1) is 19.8 Å². The van der Waals surface area contributed by atoms with E-state index in [2.05, 4.69) is 5.32 Å². The number of urea groups is 1. The highest BCUT2D eigenvalue weighted by Gasteiger charge is 2.25. The van der Waals surface area contributed by atoms with Gasteiger partial charge in [0, 0.05) is 31.3 Å². The predicted octanol–water partition coefficient (Wildman–Crippen LogP) is 2.15. The van der Waals surface area contributed by atoms with Gasteiger partial charge in [-0.3, -0.25) is 0 Å². The molecule has 1 unspecified atom stereocenters. The molecule has 2 rings (SSSR count). The van der Waals surface area contributed by atoms with E-state index in [0.29, 0.717) is 6.54 Å². The molecule has 2 amide bonds. The van der Waals surface area contributed by atoms with E-state index in [-0.39, 0.29) is 18.6 Å². The van der Waals surface area contributed by atoms with Crippen molar-refractivity contribution < 1.29 is 9.90 Å². The Balaban J connectivity index is 2.01. The van der Waals surface area contributed by atoms with Crippen LogP contribution in [0.15, 0.2) is 18.2 Å². The number of hydrogen-bond donors (Lipinski definition) is 2. The molecule has 2 N–H and O–H groups in total. The molecule has 1 heterocycles. The molecule has 98 valence electrons. The van der Waals surface area contributed by atoms with Crippen LogP contribution >= 0.6 is 0 Å². The van der Waals surface area contributed by atoms with Gasteiger partial charge >= 0.3 is 6.03 Å². The third kappa shape index (κ3) is 2.82. The number of aryl methyl sites for hydroxylation is 2. The smallest absolute Gasteiger partial charge is 0.321 e. The summed E-state index contributed by atoms with van der Waals surface area (Å²) in [5.74, 6) is 0.231. The van der Waals surface area contributed by atoms with Gasteiger partial charge in [0.15, 0.2) is 0 Å². The van der Waals surface area contributed by atoms with E-state index in [1.165, 1.54) is 0 Å². The van der Waals surface area contributed by atoms with Gasteiger partial charge in [0.05, 0.1) is 0 Å². The second-order valence-electron chi connectivity index (χ2n) is 5.03. The molecule has 4 heteroatoms. The number of anilines is 1. The van der Waals surface area contributed by atoms with Crippen molar-refractivity contribution in [2.45, 2.75) is 20.3 Å². The average Bonchev–Trinajstić information content (AvgIpc) is 2.82. The summed E-state index contributed by atoms with van der Waals surface area (Å²) >= 11 is 0. The van der Waals surface area contributed by atoms with E-state index >= 15 is 0 Å². The molecule has 1 aliphatic rings. The quantitative estimate of drug-likeness (QED) is 0.842. The van der Waals surface area contributed by atoms with E-state index in [1.54, 1.807) is 4.90 Å². The molecule has 0 aromatic heterocycles. The summed E-state index contributed by atoms with van der Waals surface area (Å²) in [4.78, 5) is 13.8. The van der Waals surface area contributed by atoms with Gasteiger partial charge in [-0.15, -0.1) is 0 Å². The molecule has 1 atom stereocenters. The van der Waals surface area contributed by atoms with Gasteiger partial charge in [0.2, 0.25) is 0 Å². The van der Waals surface area contributed by atoms with E-state index < -0.39 is 0 Å². The zero-order valence-electron chi connectivity index (χ0n) is 10.9. The Morgan fingerprint density at radius 2 is 2.28 bits per heavy atom. The van der Waals surface area contributed by atoms with Crippen LogP contribution in [0.3, 0.4) is 0 Å². The topological polar surface area (TPSA) is 52.6 Å². The predicted molar refractivity (Wildman–Crippen MR) is 71.7 cm³/mol. The monoisotopic (exact) mass is 248 g/mol. The van der Waals surface area contributed by atoms with E-state index in [0.717, 1.165) is 29.8 Å². The number of benzene rings is 1. The van der Waals surface area contributed by atoms with Crippen molar-refractivity contribution in [2.24, 2.45) is 5.92 Å². The lowest BCUT2D eigenvalue weighted by Crippen LogP contribution is -2.33. The summed E-state index contributed by atoms with van der Waals surface area (Å²) in [7, 11) is 0. The number of rotatable bonds is 2. The molecule has 0 spiro atoms. The summed E-state index contributed by atoms with van der Waals surface area (Å²) in [5, 5.41) is 12.0. The Morgan fingerprint density at radius 3 is 2.94 bits per heavy atom. The number of aliphatic hydroxyl groups is 1. The number of hydrogen-bond acceptors (Lipinski definition) is 2. The first-order valence-electron chi connectivity index (χ1n) is 6.34. The Bertz CT molecular complexity index is 445. The van der Waals surface area contributed by atoms with Crippen molar-refractivity contribution in [3.05, 3.63) is 29.3 Å². The molecule has 1 saturated heterocycles. The van der Waals surface area contributed by atoms with Crippen molar-refractivity contribution >= 4 is 11.7 Å². The fourth-order valence-electron chi connectivity index (χ4n) is 2.23. The standard InChI is InChI=1S/C14H20N2O2/c1-10-3-4-11(2)13(7-10)15-14(18)16-6-5-12(8-16)9-17/h3-4,7,12,17H,5-6,8-9H2,1-2H3,(H,15,18). The largest absolute Gasteiger partial charge is 0.396 e. The van der Waals surface area contributed by atoms with Gasteiger partial charge in [0.25, 0.3) is 0 Å². The second-order valence-corrected chi connectivity index (χ2v) is 5.03. The number of carbonyl (C=O) groups is 1. The number of likely N-dealkylation sites (tertiary alicyclic amines) is 1. The normalized spacial score (nSPS) is 19.1. The van der Waals surface area contributed by atoms with Gasteiger partial charge in [-0.25, -0.2) is 4.79 Å². The molecule has 1 aromatic carbocycles. The van der Waals surface area contributed by atoms with Crippen LogP contribution in [0.25, 0.3) is 0 Å². The van der Waals surface area contributed by atoms with E-state index in [4.69, 9.17) is 5.11 Å². The van der Waals surface area contributed by atoms with Gasteiger partial charge < -0.3 is 15.3 Å². The highest BCUT2D eigenvalue weighted by Crippen LogP contribution is 2.20. The van der Waals surface area contributed by atoms with Crippen molar-refractivity contribution in [1.29, 1.82) is 0 Å². The van der Waals surface area contributed by atoms with Crippen LogP contribution in [0.5, 0.6) is 0 Å². The van der Waals surface area contributed by atoms with Crippen LogP contribution in [0.1, 0.15) is 17.5 Å². The lowest BCUT2D eigenvalue weighted by Gasteiger charge is -2.18. The van der Waals surface area contributed by atoms with Gasteiger partial charge in [0.1, 0.15) is 0 Å². The minimum Gasteiger partial charge on any atom is -0.396 e. The summed E-state index contributed by atoms with van der Waals surface area (Å²) in [6, 6.07) is 5.95. The van der Waals surface area contributed by atoms with Crippen LogP contribution in [-0.4, -0.2) is 35.7 Å². The number of nitrogens with zero attached hydrogens (tertiary/aromatic N) is 1. The lowest BCUT2D eigenvalue weighted by atomic mass is 10.1. The first-order chi connectivity index (χ1) is 8.60. The van der Waals surface area contributed by atoms with Crippen LogP contribution in [0.2, 0.25) is 0 Å². The average molecular weight is 248 g/mol. The van der Waals surface area contributed by atoms with E-state index in [9.17, 15) is 4.79 Å². The molecule has 1 aliphatic heterocycles. The zero-order valence-corrected chi connectivity index (χ0v) is 10.9. The third-order valence-corrected chi connectivity index (χ3v) is 3.47. The van der Waals surface area contributed by atoms with Crippen LogP contribution in [-0.2, 0) is 0 Å². The maximum atomic E-state index is 12.1. The molecule has 1 aromatic rings. The maximum Gasteiger partial charge on any atom is 0.321 e. The van der Waals surface area contributed by atoms with Crippen molar-refractivity contribution in [3.8, 4) is 0 Å². The number of aliphatic hydroxyl groups excluding tert-OH is 1. The molecule has 0 saturated carbocycles. The molecular weight excluding hydrogens is 228 g/mol. The van der Waals surface area contributed by atoms with Gasteiger partial charge in [-0.05, 0) is 37.5 Å². The molecular formula is C14H20N2O2. The lowest BCUT2D eigenvalue weighted by molar-refractivity contribution is 0.208. The Morgan fingerprint density at radius 1 is 1.50 bits per heavy atom. The summed E-state index contributed by atoms with van der Waals surface area (Å²) in [5.41, 5.74) is 3.06. The maximum absolute atomic E-state index is 12.1. The second kappa shape index (κ2) is 5.40. The highest BCUT2D eigenvalue weighted by molar-refractivity contribution is 5.90. The molecule has 18 heavy (non-hydrogen) atoms. The van der Waals surface area contributed by atoms with Gasteiger partial charge in [-0.2, -0.15) is 0 Å². The Kier molecular flexibility index (Phi) is 3.87. The van der Waals surface area contributed by atoms with E-state index in [1.807, 2.05) is 32.0 Å². The van der Waals surface area contributed by atoms with Crippen LogP contribution < -0.4 is 5.32 Å². The summed E-state index contributed by atoms with van der Waals surface area (Å²) < 4.78 is 0. The number of nitrogens with one attached hydrogen (secondary N) is 1. The molecule has 0 bridgehead atoms. The third-order valence-electron chi connectivity index (χ3n) is 3.47. The summed E-state index contributed by atoms with van der Waals surface area (Å²) in [6.07, 6.45) is 0.886. The highest BCUT2D eigenvalue weighted by atomic mass is 16.3. The molecule has 0 radical (unpaired) electrons. The Hall–Kier alpha value is -1.55. The van der Waals surface area contributed by atoms with Gasteiger partial charge in [-0.1, -0.05) is 12.1 Å².